The fourth-order valence-corrected chi connectivity index (χ4v) is 3.57. The molecule has 1 aromatic carbocycles. The summed E-state index contributed by atoms with van der Waals surface area (Å²) in [5.74, 6) is -3.92. The zero-order chi connectivity index (χ0) is 22.9. The third-order valence-corrected chi connectivity index (χ3v) is 5.33. The van der Waals surface area contributed by atoms with Gasteiger partial charge in [-0.2, -0.15) is 0 Å². The third-order valence-electron chi connectivity index (χ3n) is 4.59. The van der Waals surface area contributed by atoms with Crippen molar-refractivity contribution >= 4 is 35.1 Å². The van der Waals surface area contributed by atoms with Crippen LogP contribution in [0.25, 0.3) is 11.3 Å². The first-order valence-corrected chi connectivity index (χ1v) is 9.73. The van der Waals surface area contributed by atoms with Crippen LogP contribution in [-0.2, 0) is 13.0 Å². The Kier molecular flexibility index (Phi) is 6.42. The topological polar surface area (TPSA) is 109 Å². The van der Waals surface area contributed by atoms with E-state index in [2.05, 4.69) is 4.98 Å². The van der Waals surface area contributed by atoms with Crippen LogP contribution < -0.4 is 5.43 Å². The highest BCUT2D eigenvalue weighted by Gasteiger charge is 2.23. The highest BCUT2D eigenvalue weighted by molar-refractivity contribution is 6.42. The number of carbonyl (C=O) groups is 2. The second-order valence-corrected chi connectivity index (χ2v) is 7.33. The summed E-state index contributed by atoms with van der Waals surface area (Å²) in [5, 5.41) is 19.2. The van der Waals surface area contributed by atoms with Gasteiger partial charge in [-0.25, -0.2) is 19.0 Å². The summed E-state index contributed by atoms with van der Waals surface area (Å²) in [5.41, 5.74) is -0.869. The van der Waals surface area contributed by atoms with Gasteiger partial charge < -0.3 is 14.8 Å². The van der Waals surface area contributed by atoms with E-state index in [0.29, 0.717) is 11.3 Å². The summed E-state index contributed by atoms with van der Waals surface area (Å²) in [4.78, 5) is 39.5. The molecule has 3 aromatic rings. The average Bonchev–Trinajstić information content (AvgIpc) is 2.70. The summed E-state index contributed by atoms with van der Waals surface area (Å²) in [7, 11) is 0. The molecule has 0 unspecified atom stereocenters. The molecular weight excluding hydrogens is 450 g/mol. The van der Waals surface area contributed by atoms with Gasteiger partial charge in [-0.05, 0) is 31.2 Å². The van der Waals surface area contributed by atoms with Gasteiger partial charge in [0.1, 0.15) is 5.56 Å². The third kappa shape index (κ3) is 4.45. The van der Waals surface area contributed by atoms with E-state index in [1.165, 1.54) is 18.2 Å². The van der Waals surface area contributed by atoms with Crippen molar-refractivity contribution in [2.45, 2.75) is 19.9 Å². The van der Waals surface area contributed by atoms with E-state index in [0.717, 1.165) is 12.1 Å². The van der Waals surface area contributed by atoms with Crippen LogP contribution in [0.3, 0.4) is 0 Å². The highest BCUT2D eigenvalue weighted by atomic mass is 35.5. The monoisotopic (exact) mass is 464 g/mol. The first kappa shape index (κ1) is 22.5. The number of rotatable bonds is 6. The van der Waals surface area contributed by atoms with Gasteiger partial charge in [0.15, 0.2) is 16.9 Å². The Morgan fingerprint density at radius 3 is 2.35 bits per heavy atom. The van der Waals surface area contributed by atoms with E-state index in [1.54, 1.807) is 17.6 Å². The van der Waals surface area contributed by atoms with Crippen molar-refractivity contribution in [2.75, 3.05) is 0 Å². The number of nitrogens with zero attached hydrogens (tertiary/aromatic N) is 2. The fraction of sp³-hybridized carbons (Fsp3) is 0.143. The molecule has 10 heteroatoms. The van der Waals surface area contributed by atoms with Crippen molar-refractivity contribution in [3.8, 4) is 11.3 Å². The summed E-state index contributed by atoms with van der Waals surface area (Å²) in [6.07, 6.45) is -0.0299. The van der Waals surface area contributed by atoms with Crippen molar-refractivity contribution in [3.05, 3.63) is 85.1 Å². The Morgan fingerprint density at radius 1 is 1.06 bits per heavy atom. The molecule has 0 aliphatic rings. The van der Waals surface area contributed by atoms with Crippen molar-refractivity contribution in [2.24, 2.45) is 0 Å². The smallest absolute Gasteiger partial charge is 0.357 e. The lowest BCUT2D eigenvalue weighted by molar-refractivity contribution is 0.0677. The lowest BCUT2D eigenvalue weighted by Gasteiger charge is -2.20. The molecule has 0 aliphatic carbocycles. The SMILES string of the molecule is CCn1c(Cc2ccc(F)c(C(=O)O)n2)cc(=O)c(C(=O)O)c1-c1ccc(Cl)c(Cl)c1. The van der Waals surface area contributed by atoms with Crippen molar-refractivity contribution in [1.82, 2.24) is 9.55 Å². The second kappa shape index (κ2) is 8.87. The summed E-state index contributed by atoms with van der Waals surface area (Å²) in [6.45, 7) is 2.03. The number of aromatic carboxylic acids is 2. The predicted molar refractivity (Wildman–Crippen MR) is 113 cm³/mol. The lowest BCUT2D eigenvalue weighted by Crippen LogP contribution is -2.24. The van der Waals surface area contributed by atoms with Gasteiger partial charge in [-0.1, -0.05) is 29.3 Å². The van der Waals surface area contributed by atoms with E-state index >= 15 is 0 Å². The molecule has 0 fully saturated rings. The number of hydrogen-bond donors (Lipinski definition) is 2. The first-order valence-electron chi connectivity index (χ1n) is 8.98. The maximum Gasteiger partial charge on any atom is 0.357 e. The Balaban J connectivity index is 2.26. The van der Waals surface area contributed by atoms with Crippen LogP contribution in [0.1, 0.15) is 39.2 Å². The largest absolute Gasteiger partial charge is 0.477 e. The number of pyridine rings is 2. The molecule has 0 atom stereocenters. The van der Waals surface area contributed by atoms with E-state index in [4.69, 9.17) is 28.3 Å². The van der Waals surface area contributed by atoms with Gasteiger partial charge >= 0.3 is 11.9 Å². The molecule has 0 saturated heterocycles. The number of hydrogen-bond acceptors (Lipinski definition) is 4. The first-order chi connectivity index (χ1) is 14.6. The van der Waals surface area contributed by atoms with Crippen molar-refractivity contribution < 1.29 is 24.2 Å². The van der Waals surface area contributed by atoms with Crippen LogP contribution in [0.2, 0.25) is 10.0 Å². The normalized spacial score (nSPS) is 10.8. The zero-order valence-corrected chi connectivity index (χ0v) is 17.5. The van der Waals surface area contributed by atoms with Crippen molar-refractivity contribution in [1.29, 1.82) is 0 Å². The second-order valence-electron chi connectivity index (χ2n) is 6.52. The number of halogens is 3. The van der Waals surface area contributed by atoms with Gasteiger partial charge in [0.25, 0.3) is 0 Å². The minimum atomic E-state index is -1.52. The van der Waals surface area contributed by atoms with Gasteiger partial charge in [0, 0.05) is 36.0 Å². The molecule has 160 valence electrons. The fourth-order valence-electron chi connectivity index (χ4n) is 3.27. The molecule has 0 aliphatic heterocycles. The van der Waals surface area contributed by atoms with Crippen LogP contribution >= 0.6 is 23.2 Å². The molecule has 2 heterocycles. The van der Waals surface area contributed by atoms with Crippen LogP contribution in [0.4, 0.5) is 4.39 Å². The molecule has 0 bridgehead atoms. The molecule has 2 aromatic heterocycles. The Labute approximate surface area is 185 Å². The van der Waals surface area contributed by atoms with E-state index in [-0.39, 0.29) is 34.4 Å². The number of carboxylic acid groups (broad SMARTS) is 2. The highest BCUT2D eigenvalue weighted by Crippen LogP contribution is 2.31. The number of benzene rings is 1. The van der Waals surface area contributed by atoms with Gasteiger partial charge in [-0.3, -0.25) is 4.79 Å². The van der Waals surface area contributed by atoms with Gasteiger partial charge in [0.2, 0.25) is 0 Å². The quantitative estimate of drug-likeness (QED) is 0.560. The van der Waals surface area contributed by atoms with Crippen molar-refractivity contribution in [3.63, 3.8) is 0 Å². The average molecular weight is 465 g/mol. The standard InChI is InChI=1S/C21H15Cl2FN2O5/c1-2-26-12(8-11-4-6-15(24)18(25-11)21(30)31)9-16(27)17(20(28)29)19(26)10-3-5-13(22)14(23)7-10/h3-7,9H,2,8H2,1H3,(H,28,29)(H,30,31). The van der Waals surface area contributed by atoms with E-state index in [1.807, 2.05) is 0 Å². The molecule has 2 N–H and O–H groups in total. The number of carboxylic acids is 2. The molecule has 7 nitrogen and oxygen atoms in total. The Hall–Kier alpha value is -3.23. The lowest BCUT2D eigenvalue weighted by atomic mass is 10.0. The van der Waals surface area contributed by atoms with Crippen LogP contribution in [-0.4, -0.2) is 31.7 Å². The van der Waals surface area contributed by atoms with Gasteiger partial charge in [-0.15, -0.1) is 0 Å². The maximum absolute atomic E-state index is 13.7. The Morgan fingerprint density at radius 2 is 1.77 bits per heavy atom. The van der Waals surface area contributed by atoms with Crippen LogP contribution in [0.15, 0.2) is 41.2 Å². The maximum atomic E-state index is 13.7. The van der Waals surface area contributed by atoms with Crippen LogP contribution in [0.5, 0.6) is 0 Å². The summed E-state index contributed by atoms with van der Waals surface area (Å²) < 4.78 is 15.3. The molecule has 0 radical (unpaired) electrons. The number of aromatic nitrogens is 2. The molecule has 3 rings (SSSR count). The summed E-state index contributed by atoms with van der Waals surface area (Å²) in [6, 6.07) is 7.92. The minimum Gasteiger partial charge on any atom is -0.477 e. The van der Waals surface area contributed by atoms with E-state index in [9.17, 15) is 23.9 Å². The van der Waals surface area contributed by atoms with E-state index < -0.39 is 34.4 Å². The molecule has 0 spiro atoms. The predicted octanol–water partition coefficient (Wildman–Crippen LogP) is 4.36. The van der Waals surface area contributed by atoms with Gasteiger partial charge in [0.05, 0.1) is 15.7 Å². The minimum absolute atomic E-state index is 0.0299. The molecule has 0 saturated carbocycles. The zero-order valence-electron chi connectivity index (χ0n) is 16.0. The molecule has 0 amide bonds. The Bertz CT molecular complexity index is 1270. The molecule has 31 heavy (non-hydrogen) atoms. The van der Waals surface area contributed by atoms with Crippen LogP contribution in [0, 0.1) is 5.82 Å². The molecular formula is C21H15Cl2FN2O5. The summed E-state index contributed by atoms with van der Waals surface area (Å²) >= 11 is 12.1.